The molecule has 5 heteroatoms. The van der Waals surface area contributed by atoms with Gasteiger partial charge >= 0.3 is 0 Å². The normalized spacial score (nSPS) is 16.5. The van der Waals surface area contributed by atoms with Crippen molar-refractivity contribution in [2.24, 2.45) is 10.7 Å². The zero-order chi connectivity index (χ0) is 15.1. The van der Waals surface area contributed by atoms with Crippen LogP contribution >= 0.6 is 24.0 Å². The molecule has 3 N–H and O–H groups in total. The molecule has 0 aromatic heterocycles. The second kappa shape index (κ2) is 9.92. The fraction of sp³-hybridized carbons (Fsp3) is 0.588. The lowest BCUT2D eigenvalue weighted by Gasteiger charge is -2.16. The summed E-state index contributed by atoms with van der Waals surface area (Å²) in [5.74, 6) is 1.42. The summed E-state index contributed by atoms with van der Waals surface area (Å²) in [6.45, 7) is 2.60. The standard InChI is InChI=1S/C17H27N3O.HI/c1-13-9-10-14(16(11-13)21-2)12-19-17(18)20-15-7-5-3-4-6-8-15;/h9-11,15H,3-8,12H2,1-2H3,(H3,18,19,20);1H. The summed E-state index contributed by atoms with van der Waals surface area (Å²) in [5.41, 5.74) is 8.27. The Bertz CT molecular complexity index is 483. The summed E-state index contributed by atoms with van der Waals surface area (Å²) in [7, 11) is 1.69. The molecule has 1 aliphatic rings. The number of nitrogens with two attached hydrogens (primary N) is 1. The maximum Gasteiger partial charge on any atom is 0.189 e. The minimum absolute atomic E-state index is 0. The Hall–Kier alpha value is -0.980. The second-order valence-electron chi connectivity index (χ2n) is 5.85. The topological polar surface area (TPSA) is 59.6 Å². The largest absolute Gasteiger partial charge is 0.496 e. The van der Waals surface area contributed by atoms with Crippen LogP contribution in [0, 0.1) is 6.92 Å². The van der Waals surface area contributed by atoms with Gasteiger partial charge in [-0.2, -0.15) is 0 Å². The first-order valence-electron chi connectivity index (χ1n) is 7.89. The van der Waals surface area contributed by atoms with Gasteiger partial charge in [0.05, 0.1) is 13.7 Å². The highest BCUT2D eigenvalue weighted by atomic mass is 127. The predicted octanol–water partition coefficient (Wildman–Crippen LogP) is 3.75. The van der Waals surface area contributed by atoms with Crippen LogP contribution in [-0.2, 0) is 6.54 Å². The van der Waals surface area contributed by atoms with Crippen LogP contribution in [0.25, 0.3) is 0 Å². The average Bonchev–Trinajstić information content (AvgIpc) is 2.74. The molecule has 0 aliphatic heterocycles. The molecule has 0 amide bonds. The van der Waals surface area contributed by atoms with Gasteiger partial charge in [0, 0.05) is 11.6 Å². The average molecular weight is 417 g/mol. The minimum Gasteiger partial charge on any atom is -0.496 e. The number of nitrogens with one attached hydrogen (secondary N) is 1. The van der Waals surface area contributed by atoms with Crippen LogP contribution in [0.4, 0.5) is 0 Å². The molecule has 1 saturated carbocycles. The van der Waals surface area contributed by atoms with Gasteiger partial charge in [0.2, 0.25) is 0 Å². The number of nitrogens with zero attached hydrogens (tertiary/aromatic N) is 1. The molecule has 1 aromatic carbocycles. The molecule has 0 bridgehead atoms. The number of guanidine groups is 1. The van der Waals surface area contributed by atoms with Crippen molar-refractivity contribution in [3.8, 4) is 5.75 Å². The van der Waals surface area contributed by atoms with Gasteiger partial charge in [-0.3, -0.25) is 0 Å². The number of aliphatic imine (C=N–C) groups is 1. The Morgan fingerprint density at radius 1 is 1.27 bits per heavy atom. The molecule has 0 saturated heterocycles. The van der Waals surface area contributed by atoms with E-state index in [4.69, 9.17) is 10.5 Å². The second-order valence-corrected chi connectivity index (χ2v) is 5.85. The van der Waals surface area contributed by atoms with Crippen LogP contribution in [0.2, 0.25) is 0 Å². The summed E-state index contributed by atoms with van der Waals surface area (Å²) >= 11 is 0. The van der Waals surface area contributed by atoms with Gasteiger partial charge in [-0.25, -0.2) is 4.99 Å². The zero-order valence-corrected chi connectivity index (χ0v) is 15.9. The molecule has 0 spiro atoms. The van der Waals surface area contributed by atoms with Gasteiger partial charge in [-0.15, -0.1) is 24.0 Å². The molecule has 22 heavy (non-hydrogen) atoms. The highest BCUT2D eigenvalue weighted by Gasteiger charge is 2.12. The first-order chi connectivity index (χ1) is 10.2. The van der Waals surface area contributed by atoms with Crippen molar-refractivity contribution < 1.29 is 4.74 Å². The van der Waals surface area contributed by atoms with E-state index < -0.39 is 0 Å². The predicted molar refractivity (Wildman–Crippen MR) is 103 cm³/mol. The van der Waals surface area contributed by atoms with Crippen LogP contribution < -0.4 is 15.8 Å². The summed E-state index contributed by atoms with van der Waals surface area (Å²) < 4.78 is 5.39. The third kappa shape index (κ3) is 6.02. The molecule has 1 aromatic rings. The van der Waals surface area contributed by atoms with E-state index in [1.165, 1.54) is 44.1 Å². The van der Waals surface area contributed by atoms with Crippen LogP contribution in [0.5, 0.6) is 5.75 Å². The fourth-order valence-electron chi connectivity index (χ4n) is 2.83. The number of hydrogen-bond donors (Lipinski definition) is 2. The van der Waals surface area contributed by atoms with Gasteiger partial charge in [0.15, 0.2) is 5.96 Å². The molecule has 2 rings (SSSR count). The van der Waals surface area contributed by atoms with E-state index in [9.17, 15) is 0 Å². The maximum atomic E-state index is 6.02. The summed E-state index contributed by atoms with van der Waals surface area (Å²) in [6, 6.07) is 6.63. The van der Waals surface area contributed by atoms with Gasteiger partial charge in [-0.1, -0.05) is 37.8 Å². The van der Waals surface area contributed by atoms with Crippen molar-refractivity contribution in [3.63, 3.8) is 0 Å². The quantitative estimate of drug-likeness (QED) is 0.340. The molecule has 1 aliphatic carbocycles. The zero-order valence-electron chi connectivity index (χ0n) is 13.6. The van der Waals surface area contributed by atoms with Gasteiger partial charge < -0.3 is 15.8 Å². The Labute approximate surface area is 150 Å². The summed E-state index contributed by atoms with van der Waals surface area (Å²) in [6.07, 6.45) is 7.66. The molecule has 0 unspecified atom stereocenters. The van der Waals surface area contributed by atoms with E-state index in [1.807, 2.05) is 6.07 Å². The van der Waals surface area contributed by atoms with E-state index in [1.54, 1.807) is 7.11 Å². The molecule has 0 atom stereocenters. The SMILES string of the molecule is COc1cc(C)ccc1CN=C(N)NC1CCCCCC1.I. The summed E-state index contributed by atoms with van der Waals surface area (Å²) in [4.78, 5) is 4.46. The van der Waals surface area contributed by atoms with Crippen molar-refractivity contribution in [2.45, 2.75) is 58.0 Å². The fourth-order valence-corrected chi connectivity index (χ4v) is 2.83. The number of halogens is 1. The monoisotopic (exact) mass is 417 g/mol. The van der Waals surface area contributed by atoms with Crippen LogP contribution in [0.15, 0.2) is 23.2 Å². The smallest absolute Gasteiger partial charge is 0.189 e. The van der Waals surface area contributed by atoms with Gasteiger partial charge in [0.1, 0.15) is 5.75 Å². The number of benzene rings is 1. The van der Waals surface area contributed by atoms with Crippen LogP contribution in [0.3, 0.4) is 0 Å². The van der Waals surface area contributed by atoms with Crippen LogP contribution in [-0.4, -0.2) is 19.1 Å². The van der Waals surface area contributed by atoms with Crippen molar-refractivity contribution in [3.05, 3.63) is 29.3 Å². The number of aryl methyl sites for hydroxylation is 1. The van der Waals surface area contributed by atoms with E-state index in [2.05, 4.69) is 29.4 Å². The van der Waals surface area contributed by atoms with E-state index >= 15 is 0 Å². The van der Waals surface area contributed by atoms with Gasteiger partial charge in [0.25, 0.3) is 0 Å². The molecular weight excluding hydrogens is 389 g/mol. The number of rotatable bonds is 4. The Kier molecular flexibility index (Phi) is 8.60. The van der Waals surface area contributed by atoms with Crippen molar-refractivity contribution in [1.29, 1.82) is 0 Å². The highest BCUT2D eigenvalue weighted by Crippen LogP contribution is 2.21. The maximum absolute atomic E-state index is 6.02. The molecule has 4 nitrogen and oxygen atoms in total. The van der Waals surface area contributed by atoms with Crippen molar-refractivity contribution in [1.82, 2.24) is 5.32 Å². The van der Waals surface area contributed by atoms with Crippen molar-refractivity contribution in [2.75, 3.05) is 7.11 Å². The lowest BCUT2D eigenvalue weighted by atomic mass is 10.1. The molecule has 1 fully saturated rings. The summed E-state index contributed by atoms with van der Waals surface area (Å²) in [5, 5.41) is 3.36. The van der Waals surface area contributed by atoms with Crippen molar-refractivity contribution >= 4 is 29.9 Å². The third-order valence-corrected chi connectivity index (χ3v) is 4.07. The molecular formula is C17H28IN3O. The number of hydrogen-bond acceptors (Lipinski definition) is 2. The van der Waals surface area contributed by atoms with Crippen LogP contribution in [0.1, 0.15) is 49.7 Å². The van der Waals surface area contributed by atoms with E-state index in [0.717, 1.165) is 11.3 Å². The third-order valence-electron chi connectivity index (χ3n) is 4.07. The molecule has 124 valence electrons. The Morgan fingerprint density at radius 2 is 1.95 bits per heavy atom. The van der Waals surface area contributed by atoms with Gasteiger partial charge in [-0.05, 0) is 31.4 Å². The minimum atomic E-state index is 0. The number of methoxy groups -OCH3 is 1. The lowest BCUT2D eigenvalue weighted by molar-refractivity contribution is 0.409. The number of ether oxygens (including phenoxy) is 1. The molecule has 0 radical (unpaired) electrons. The highest BCUT2D eigenvalue weighted by molar-refractivity contribution is 14.0. The first-order valence-corrected chi connectivity index (χ1v) is 7.89. The lowest BCUT2D eigenvalue weighted by Crippen LogP contribution is -2.39. The van der Waals surface area contributed by atoms with E-state index in [0.29, 0.717) is 18.5 Å². The molecule has 0 heterocycles. The van der Waals surface area contributed by atoms with E-state index in [-0.39, 0.29) is 24.0 Å². The Morgan fingerprint density at radius 3 is 2.59 bits per heavy atom. The Balaban J connectivity index is 0.00000242. The first kappa shape index (κ1) is 19.1.